The lowest BCUT2D eigenvalue weighted by Crippen LogP contribution is -2.31. The maximum atomic E-state index is 12.6. The number of carbonyl (C=O) groups excluding carboxylic acids is 1. The molecule has 0 aliphatic carbocycles. The highest BCUT2D eigenvalue weighted by molar-refractivity contribution is 7.99. The summed E-state index contributed by atoms with van der Waals surface area (Å²) < 4.78 is 37.7. The second kappa shape index (κ2) is 8.61. The van der Waals surface area contributed by atoms with E-state index < -0.39 is 28.3 Å². The Kier molecular flexibility index (Phi) is 7.14. The van der Waals surface area contributed by atoms with Crippen LogP contribution in [0.1, 0.15) is 25.3 Å². The largest absolute Gasteiger partial charge is 0.416 e. The molecule has 2 N–H and O–H groups in total. The number of hydrazine groups is 1. The molecule has 1 aromatic carbocycles. The van der Waals surface area contributed by atoms with Crippen LogP contribution in [0.15, 0.2) is 18.2 Å². The van der Waals surface area contributed by atoms with Gasteiger partial charge in [-0.25, -0.2) is 0 Å². The van der Waals surface area contributed by atoms with Crippen LogP contribution in [-0.2, 0) is 11.0 Å². The molecule has 0 atom stereocenters. The van der Waals surface area contributed by atoms with Crippen molar-refractivity contribution in [3.63, 3.8) is 0 Å². The van der Waals surface area contributed by atoms with Crippen LogP contribution >= 0.6 is 11.8 Å². The molecule has 6 nitrogen and oxygen atoms in total. The first-order valence-corrected chi connectivity index (χ1v) is 7.89. The number of halogens is 3. The Morgan fingerprint density at radius 3 is 2.65 bits per heavy atom. The van der Waals surface area contributed by atoms with Crippen molar-refractivity contribution >= 4 is 29.0 Å². The maximum Gasteiger partial charge on any atom is 0.416 e. The second-order valence-corrected chi connectivity index (χ2v) is 5.67. The molecule has 1 aromatic rings. The van der Waals surface area contributed by atoms with Crippen molar-refractivity contribution in [1.82, 2.24) is 5.43 Å². The van der Waals surface area contributed by atoms with Gasteiger partial charge in [0.05, 0.1) is 16.2 Å². The molecule has 0 aromatic heterocycles. The van der Waals surface area contributed by atoms with Crippen molar-refractivity contribution < 1.29 is 22.9 Å². The minimum atomic E-state index is -4.68. The van der Waals surface area contributed by atoms with Gasteiger partial charge in [0.2, 0.25) is 5.91 Å². The van der Waals surface area contributed by atoms with E-state index in [1.807, 2.05) is 6.92 Å². The molecule has 0 radical (unpaired) electrons. The normalized spacial score (nSPS) is 11.1. The fraction of sp³-hybridized carbons (Fsp3) is 0.462. The van der Waals surface area contributed by atoms with E-state index in [1.165, 1.54) is 11.8 Å². The average molecular weight is 351 g/mol. The number of nitrogens with one attached hydrogen (secondary N) is 2. The third-order valence-corrected chi connectivity index (χ3v) is 3.78. The number of hydrogen-bond acceptors (Lipinski definition) is 5. The molecule has 0 spiro atoms. The minimum absolute atomic E-state index is 0.154. The van der Waals surface area contributed by atoms with Crippen molar-refractivity contribution in [2.24, 2.45) is 0 Å². The average Bonchev–Trinajstić information content (AvgIpc) is 2.48. The van der Waals surface area contributed by atoms with Gasteiger partial charge in [-0.3, -0.25) is 25.8 Å². The van der Waals surface area contributed by atoms with Gasteiger partial charge < -0.3 is 0 Å². The standard InChI is InChI=1S/C13H16F3N3O3S/c1-2-3-6-23-8-12(20)18-17-10-5-4-9(13(14,15)16)7-11(10)19(21)22/h4-5,7,17H,2-3,6,8H2,1H3,(H,18,20). The summed E-state index contributed by atoms with van der Waals surface area (Å²) in [6, 6.07) is 2.04. The summed E-state index contributed by atoms with van der Waals surface area (Å²) in [6.45, 7) is 2.02. The van der Waals surface area contributed by atoms with E-state index in [9.17, 15) is 28.1 Å². The summed E-state index contributed by atoms with van der Waals surface area (Å²) in [5, 5.41) is 10.9. The number of rotatable bonds is 8. The number of carbonyl (C=O) groups is 1. The number of thioether (sulfide) groups is 1. The Morgan fingerprint density at radius 1 is 1.39 bits per heavy atom. The fourth-order valence-corrected chi connectivity index (χ4v) is 2.44. The molecule has 0 aliphatic rings. The van der Waals surface area contributed by atoms with Crippen molar-refractivity contribution in [1.29, 1.82) is 0 Å². The lowest BCUT2D eigenvalue weighted by atomic mass is 10.1. The van der Waals surface area contributed by atoms with E-state index in [1.54, 1.807) is 0 Å². The third kappa shape index (κ3) is 6.35. The van der Waals surface area contributed by atoms with E-state index in [0.717, 1.165) is 24.7 Å². The number of nitrogens with zero attached hydrogens (tertiary/aromatic N) is 1. The van der Waals surface area contributed by atoms with Crippen LogP contribution < -0.4 is 10.9 Å². The first-order valence-electron chi connectivity index (χ1n) is 6.74. The molecule has 0 heterocycles. The second-order valence-electron chi connectivity index (χ2n) is 4.57. The molecular weight excluding hydrogens is 335 g/mol. The highest BCUT2D eigenvalue weighted by atomic mass is 32.2. The molecule has 1 amide bonds. The van der Waals surface area contributed by atoms with E-state index in [2.05, 4.69) is 10.9 Å². The van der Waals surface area contributed by atoms with Crippen LogP contribution in [0.4, 0.5) is 24.5 Å². The lowest BCUT2D eigenvalue weighted by Gasteiger charge is -2.11. The summed E-state index contributed by atoms with van der Waals surface area (Å²) in [7, 11) is 0. The van der Waals surface area contributed by atoms with Crippen molar-refractivity contribution in [2.45, 2.75) is 25.9 Å². The molecule has 0 bridgehead atoms. The van der Waals surface area contributed by atoms with Gasteiger partial charge in [0.1, 0.15) is 5.69 Å². The van der Waals surface area contributed by atoms with Crippen LogP contribution in [0.3, 0.4) is 0 Å². The summed E-state index contributed by atoms with van der Waals surface area (Å²) >= 11 is 1.40. The predicted molar refractivity (Wildman–Crippen MR) is 82.1 cm³/mol. The number of alkyl halides is 3. The zero-order chi connectivity index (χ0) is 17.5. The van der Waals surface area contributed by atoms with Gasteiger partial charge in [0.25, 0.3) is 5.69 Å². The summed E-state index contributed by atoms with van der Waals surface area (Å²) in [6.07, 6.45) is -2.71. The first kappa shape index (κ1) is 19.1. The molecule has 0 fully saturated rings. The Hall–Kier alpha value is -1.97. The highest BCUT2D eigenvalue weighted by Gasteiger charge is 2.33. The Bertz CT molecular complexity index is 567. The SMILES string of the molecule is CCCCSCC(=O)NNc1ccc(C(F)(F)F)cc1[N+](=O)[O-]. The first-order chi connectivity index (χ1) is 10.8. The molecule has 0 saturated carbocycles. The molecule has 23 heavy (non-hydrogen) atoms. The number of benzene rings is 1. The van der Waals surface area contributed by atoms with Crippen molar-refractivity contribution in [3.8, 4) is 0 Å². The van der Waals surface area contributed by atoms with Crippen molar-refractivity contribution in [2.75, 3.05) is 16.9 Å². The Balaban J connectivity index is 2.69. The van der Waals surface area contributed by atoms with Crippen LogP contribution in [0.2, 0.25) is 0 Å². The predicted octanol–water partition coefficient (Wildman–Crippen LogP) is 3.59. The molecule has 1 rings (SSSR count). The van der Waals surface area contributed by atoms with Crippen LogP contribution in [-0.4, -0.2) is 22.3 Å². The number of unbranched alkanes of at least 4 members (excludes halogenated alkanes) is 1. The molecular formula is C13H16F3N3O3S. The summed E-state index contributed by atoms with van der Waals surface area (Å²) in [5.74, 6) is 0.548. The van der Waals surface area contributed by atoms with Crippen LogP contribution in [0.25, 0.3) is 0 Å². The monoisotopic (exact) mass is 351 g/mol. The van der Waals surface area contributed by atoms with Crippen molar-refractivity contribution in [3.05, 3.63) is 33.9 Å². The Labute approximate surface area is 134 Å². The van der Waals surface area contributed by atoms with E-state index in [0.29, 0.717) is 12.1 Å². The van der Waals surface area contributed by atoms with Crippen LogP contribution in [0, 0.1) is 10.1 Å². The van der Waals surface area contributed by atoms with E-state index >= 15 is 0 Å². The van der Waals surface area contributed by atoms with Crippen LogP contribution in [0.5, 0.6) is 0 Å². The number of anilines is 1. The van der Waals surface area contributed by atoms with Gasteiger partial charge in [-0.15, -0.1) is 0 Å². The van der Waals surface area contributed by atoms with Gasteiger partial charge >= 0.3 is 6.18 Å². The van der Waals surface area contributed by atoms with Gasteiger partial charge in [0, 0.05) is 6.07 Å². The molecule has 0 saturated heterocycles. The molecule has 128 valence electrons. The van der Waals surface area contributed by atoms with E-state index in [-0.39, 0.29) is 11.4 Å². The number of hydrogen-bond donors (Lipinski definition) is 2. The lowest BCUT2D eigenvalue weighted by molar-refractivity contribution is -0.384. The van der Waals surface area contributed by atoms with Gasteiger partial charge in [-0.05, 0) is 24.3 Å². The van der Waals surface area contributed by atoms with E-state index in [4.69, 9.17) is 0 Å². The number of nitro benzene ring substituents is 1. The zero-order valence-electron chi connectivity index (χ0n) is 12.3. The topological polar surface area (TPSA) is 84.3 Å². The maximum absolute atomic E-state index is 12.6. The third-order valence-electron chi connectivity index (χ3n) is 2.73. The molecule has 0 unspecified atom stereocenters. The van der Waals surface area contributed by atoms with Gasteiger partial charge in [-0.2, -0.15) is 24.9 Å². The smallest absolute Gasteiger partial charge is 0.292 e. The van der Waals surface area contributed by atoms with Gasteiger partial charge in [0.15, 0.2) is 0 Å². The Morgan fingerprint density at radius 2 is 2.09 bits per heavy atom. The molecule has 10 heteroatoms. The number of amides is 1. The summed E-state index contributed by atoms with van der Waals surface area (Å²) in [5.41, 5.74) is 2.42. The number of nitro groups is 1. The quantitative estimate of drug-likeness (QED) is 0.425. The summed E-state index contributed by atoms with van der Waals surface area (Å²) in [4.78, 5) is 21.5. The highest BCUT2D eigenvalue weighted by Crippen LogP contribution is 2.34. The van der Waals surface area contributed by atoms with Gasteiger partial charge in [-0.1, -0.05) is 13.3 Å². The fourth-order valence-electron chi connectivity index (χ4n) is 1.55. The minimum Gasteiger partial charge on any atom is -0.292 e. The zero-order valence-corrected chi connectivity index (χ0v) is 13.1. The molecule has 0 aliphatic heterocycles.